The molecule has 0 N–H and O–H groups in total. The predicted octanol–water partition coefficient (Wildman–Crippen LogP) is 13.0. The molecule has 0 aliphatic heterocycles. The van der Waals surface area contributed by atoms with Crippen LogP contribution in [0, 0.1) is 0 Å². The van der Waals surface area contributed by atoms with E-state index in [4.69, 9.17) is 0 Å². The maximum atomic E-state index is 2.46. The smallest absolute Gasteiger partial charge is 0.0549 e. The third-order valence-electron chi connectivity index (χ3n) is 10.7. The molecule has 0 aliphatic carbocycles. The van der Waals surface area contributed by atoms with Crippen molar-refractivity contribution in [2.45, 2.75) is 0 Å². The van der Waals surface area contributed by atoms with Crippen molar-refractivity contribution >= 4 is 75.9 Å². The van der Waals surface area contributed by atoms with Crippen molar-refractivity contribution in [2.75, 3.05) is 0 Å². The molecule has 2 heteroatoms. The Bertz CT molecular complexity index is 3130. The molecule has 2 heterocycles. The molecule has 0 aliphatic rings. The summed E-state index contributed by atoms with van der Waals surface area (Å²) in [5.41, 5.74) is 9.69. The van der Waals surface area contributed by atoms with Crippen LogP contribution in [0.5, 0.6) is 0 Å². The normalized spacial score (nSPS) is 12.0. The lowest BCUT2D eigenvalue weighted by atomic mass is 9.93. The number of aromatic nitrogens is 2. The molecule has 2 aromatic heterocycles. The van der Waals surface area contributed by atoms with Crippen LogP contribution >= 0.6 is 0 Å². The zero-order valence-corrected chi connectivity index (χ0v) is 27.2. The Labute approximate surface area is 288 Å². The minimum Gasteiger partial charge on any atom is -0.309 e. The fourth-order valence-corrected chi connectivity index (χ4v) is 8.54. The summed E-state index contributed by atoms with van der Waals surface area (Å²) in [6.07, 6.45) is 0. The van der Waals surface area contributed by atoms with Gasteiger partial charge >= 0.3 is 0 Å². The van der Waals surface area contributed by atoms with E-state index in [9.17, 15) is 0 Å². The van der Waals surface area contributed by atoms with Gasteiger partial charge in [0.1, 0.15) is 0 Å². The van der Waals surface area contributed by atoms with Gasteiger partial charge < -0.3 is 9.13 Å². The molecule has 0 saturated carbocycles. The van der Waals surface area contributed by atoms with E-state index in [0.29, 0.717) is 0 Å². The van der Waals surface area contributed by atoms with E-state index >= 15 is 0 Å². The summed E-state index contributed by atoms with van der Waals surface area (Å²) in [7, 11) is 0. The molecule has 11 aromatic rings. The molecule has 2 nitrogen and oxygen atoms in total. The number of hydrogen-bond donors (Lipinski definition) is 0. The van der Waals surface area contributed by atoms with Crippen LogP contribution in [-0.4, -0.2) is 9.13 Å². The molecule has 11 rings (SSSR count). The summed E-state index contributed by atoms with van der Waals surface area (Å²) in [6.45, 7) is 0. The largest absolute Gasteiger partial charge is 0.309 e. The minimum atomic E-state index is 1.15. The number of benzene rings is 9. The monoisotopic (exact) mass is 634 g/mol. The van der Waals surface area contributed by atoms with Crippen LogP contribution in [0.15, 0.2) is 182 Å². The van der Waals surface area contributed by atoms with Gasteiger partial charge in [0, 0.05) is 32.6 Å². The van der Waals surface area contributed by atoms with Gasteiger partial charge in [0.2, 0.25) is 0 Å². The van der Waals surface area contributed by atoms with Gasteiger partial charge in [0.15, 0.2) is 0 Å². The van der Waals surface area contributed by atoms with Gasteiger partial charge in [-0.25, -0.2) is 0 Å². The first-order valence-electron chi connectivity index (χ1n) is 17.3. The quantitative estimate of drug-likeness (QED) is 0.171. The average molecular weight is 635 g/mol. The highest BCUT2D eigenvalue weighted by Gasteiger charge is 2.21. The molecule has 232 valence electrons. The molecular formula is C48H30N2. The summed E-state index contributed by atoms with van der Waals surface area (Å²) in [5, 5.41) is 12.7. The Hall–Kier alpha value is -6.64. The second-order valence-electron chi connectivity index (χ2n) is 13.3. The topological polar surface area (TPSA) is 9.86 Å². The summed E-state index contributed by atoms with van der Waals surface area (Å²) in [4.78, 5) is 0. The third kappa shape index (κ3) is 3.79. The Morgan fingerprint density at radius 3 is 1.54 bits per heavy atom. The van der Waals surface area contributed by atoms with E-state index in [1.807, 2.05) is 0 Å². The van der Waals surface area contributed by atoms with Crippen molar-refractivity contribution in [1.29, 1.82) is 0 Å². The van der Waals surface area contributed by atoms with Crippen molar-refractivity contribution < 1.29 is 0 Å². The van der Waals surface area contributed by atoms with Gasteiger partial charge in [-0.2, -0.15) is 0 Å². The Morgan fingerprint density at radius 1 is 0.300 bits per heavy atom. The molecular weight excluding hydrogens is 605 g/mol. The van der Waals surface area contributed by atoms with Gasteiger partial charge in [-0.05, 0) is 86.6 Å². The van der Waals surface area contributed by atoms with Gasteiger partial charge in [-0.15, -0.1) is 0 Å². The lowest BCUT2D eigenvalue weighted by Crippen LogP contribution is -1.96. The SMILES string of the molecule is c1ccc2c(-n3c4ccccc4c4c5c6ccccc6n(-c6ccc(-c7cc8ccccc8c8ccccc78)cc6)c5ccc43)cccc2c1. The molecule has 0 bridgehead atoms. The van der Waals surface area contributed by atoms with Crippen molar-refractivity contribution in [1.82, 2.24) is 9.13 Å². The molecule has 50 heavy (non-hydrogen) atoms. The molecule has 0 spiro atoms. The summed E-state index contributed by atoms with van der Waals surface area (Å²) < 4.78 is 4.90. The van der Waals surface area contributed by atoms with Crippen LogP contribution < -0.4 is 0 Å². The van der Waals surface area contributed by atoms with Gasteiger partial charge in [0.05, 0.1) is 27.8 Å². The van der Waals surface area contributed by atoms with Crippen LogP contribution in [0.4, 0.5) is 0 Å². The van der Waals surface area contributed by atoms with Crippen LogP contribution in [0.3, 0.4) is 0 Å². The zero-order valence-electron chi connectivity index (χ0n) is 27.2. The van der Waals surface area contributed by atoms with Crippen LogP contribution in [0.25, 0.3) is 98.4 Å². The summed E-state index contributed by atoms with van der Waals surface area (Å²) in [6, 6.07) is 66.7. The number of para-hydroxylation sites is 2. The van der Waals surface area contributed by atoms with E-state index in [1.165, 1.54) is 92.7 Å². The molecule has 0 radical (unpaired) electrons. The molecule has 9 aromatic carbocycles. The maximum absolute atomic E-state index is 2.46. The molecule has 0 amide bonds. The molecule has 0 fully saturated rings. The van der Waals surface area contributed by atoms with Crippen molar-refractivity contribution in [3.63, 3.8) is 0 Å². The van der Waals surface area contributed by atoms with E-state index in [2.05, 4.69) is 191 Å². The molecule has 0 unspecified atom stereocenters. The lowest BCUT2D eigenvalue weighted by molar-refractivity contribution is 1.18. The van der Waals surface area contributed by atoms with E-state index in [1.54, 1.807) is 0 Å². The second kappa shape index (κ2) is 10.4. The number of nitrogens with zero attached hydrogens (tertiary/aromatic N) is 2. The highest BCUT2D eigenvalue weighted by atomic mass is 15.0. The summed E-state index contributed by atoms with van der Waals surface area (Å²) in [5.74, 6) is 0. The Balaban J connectivity index is 1.16. The van der Waals surface area contributed by atoms with Crippen LogP contribution in [-0.2, 0) is 0 Å². The van der Waals surface area contributed by atoms with Gasteiger partial charge in [-0.3, -0.25) is 0 Å². The van der Waals surface area contributed by atoms with Gasteiger partial charge in [0.25, 0.3) is 0 Å². The van der Waals surface area contributed by atoms with Gasteiger partial charge in [-0.1, -0.05) is 133 Å². The van der Waals surface area contributed by atoms with E-state index < -0.39 is 0 Å². The second-order valence-corrected chi connectivity index (χ2v) is 13.3. The average Bonchev–Trinajstić information content (AvgIpc) is 3.70. The first-order chi connectivity index (χ1) is 24.8. The van der Waals surface area contributed by atoms with E-state index in [0.717, 1.165) is 5.69 Å². The van der Waals surface area contributed by atoms with E-state index in [-0.39, 0.29) is 0 Å². The van der Waals surface area contributed by atoms with Crippen molar-refractivity contribution in [3.05, 3.63) is 182 Å². The first kappa shape index (κ1) is 27.3. The van der Waals surface area contributed by atoms with Crippen molar-refractivity contribution in [3.8, 4) is 22.5 Å². The van der Waals surface area contributed by atoms with Crippen molar-refractivity contribution in [2.24, 2.45) is 0 Å². The van der Waals surface area contributed by atoms with Crippen LogP contribution in [0.1, 0.15) is 0 Å². The number of rotatable bonds is 3. The standard InChI is InChI=1S/C48H30N2/c1-4-16-36-31(12-1)14-11-23-42(36)50-44-22-10-8-20-40(44)48-46(50)29-28-45-47(48)39-19-7-9-21-43(39)49(45)34-26-24-32(25-27-34)41-30-33-13-2-3-15-35(33)37-17-5-6-18-38(37)41/h1-30H. The fourth-order valence-electron chi connectivity index (χ4n) is 8.54. The third-order valence-corrected chi connectivity index (χ3v) is 10.7. The minimum absolute atomic E-state index is 1.15. The lowest BCUT2D eigenvalue weighted by Gasteiger charge is -2.13. The number of fused-ring (bicyclic) bond motifs is 11. The summed E-state index contributed by atoms with van der Waals surface area (Å²) >= 11 is 0. The Kier molecular flexibility index (Phi) is 5.70. The first-order valence-corrected chi connectivity index (χ1v) is 17.3. The molecule has 0 atom stereocenters. The fraction of sp³-hybridized carbons (Fsp3) is 0. The predicted molar refractivity (Wildman–Crippen MR) is 213 cm³/mol. The number of hydrogen-bond acceptors (Lipinski definition) is 0. The highest BCUT2D eigenvalue weighted by Crippen LogP contribution is 2.43. The highest BCUT2D eigenvalue weighted by molar-refractivity contribution is 6.29. The Morgan fingerprint density at radius 2 is 0.820 bits per heavy atom. The molecule has 0 saturated heterocycles. The maximum Gasteiger partial charge on any atom is 0.0549 e. The zero-order chi connectivity index (χ0) is 32.8. The van der Waals surface area contributed by atoms with Crippen LogP contribution in [0.2, 0.25) is 0 Å².